The highest BCUT2D eigenvalue weighted by Crippen LogP contribution is 2.27. The lowest BCUT2D eigenvalue weighted by molar-refractivity contribution is -0.122. The molecule has 0 aliphatic heterocycles. The second kappa shape index (κ2) is 8.51. The number of benzene rings is 2. The Balaban J connectivity index is 1.81. The van der Waals surface area contributed by atoms with Gasteiger partial charge >= 0.3 is 0 Å². The average molecular weight is 404 g/mol. The smallest absolute Gasteiger partial charge is 0.291 e. The first-order valence-corrected chi connectivity index (χ1v) is 9.87. The first-order chi connectivity index (χ1) is 14.6. The van der Waals surface area contributed by atoms with Crippen LogP contribution in [0.2, 0.25) is 0 Å². The average Bonchev–Trinajstić information content (AvgIpc) is 3.06. The molecule has 0 bridgehead atoms. The Hall–Kier alpha value is -3.45. The molecule has 4 aromatic rings. The number of amides is 1. The lowest BCUT2D eigenvalue weighted by atomic mass is 10.1. The SMILES string of the molecule is COCCNC(=O)Cn1ncc2c3ccccc3n(Cc3ccccc3C)c2c1=O. The Morgan fingerprint density at radius 2 is 1.87 bits per heavy atom. The second-order valence-corrected chi connectivity index (χ2v) is 7.24. The number of hydrogen-bond donors (Lipinski definition) is 1. The first-order valence-electron chi connectivity index (χ1n) is 9.87. The number of aromatic nitrogens is 3. The fourth-order valence-corrected chi connectivity index (χ4v) is 3.71. The van der Waals surface area contributed by atoms with Crippen LogP contribution in [-0.2, 0) is 22.6 Å². The molecule has 1 amide bonds. The number of fused-ring (bicyclic) bond motifs is 3. The number of methoxy groups -OCH3 is 1. The van der Waals surface area contributed by atoms with Crippen molar-refractivity contribution in [2.75, 3.05) is 20.3 Å². The number of aryl methyl sites for hydroxylation is 1. The molecule has 0 saturated heterocycles. The fourth-order valence-electron chi connectivity index (χ4n) is 3.71. The van der Waals surface area contributed by atoms with Crippen LogP contribution in [0.25, 0.3) is 21.8 Å². The van der Waals surface area contributed by atoms with Gasteiger partial charge in [0.05, 0.1) is 12.8 Å². The van der Waals surface area contributed by atoms with Gasteiger partial charge in [0.1, 0.15) is 12.1 Å². The van der Waals surface area contributed by atoms with Crippen molar-refractivity contribution in [3.8, 4) is 0 Å². The molecule has 4 rings (SSSR count). The number of rotatable bonds is 7. The number of carbonyl (C=O) groups is 1. The molecule has 0 aliphatic rings. The minimum Gasteiger partial charge on any atom is -0.383 e. The van der Waals surface area contributed by atoms with Gasteiger partial charge in [-0.15, -0.1) is 0 Å². The summed E-state index contributed by atoms with van der Waals surface area (Å²) in [7, 11) is 1.57. The van der Waals surface area contributed by atoms with Gasteiger partial charge in [-0.2, -0.15) is 5.10 Å². The highest BCUT2D eigenvalue weighted by atomic mass is 16.5. The van der Waals surface area contributed by atoms with Crippen LogP contribution in [0.4, 0.5) is 0 Å². The summed E-state index contributed by atoms with van der Waals surface area (Å²) in [6, 6.07) is 16.1. The van der Waals surface area contributed by atoms with Crippen molar-refractivity contribution >= 4 is 27.7 Å². The van der Waals surface area contributed by atoms with Crippen LogP contribution >= 0.6 is 0 Å². The van der Waals surface area contributed by atoms with Gasteiger partial charge in [-0.05, 0) is 24.1 Å². The molecular formula is C23H24N4O3. The zero-order valence-corrected chi connectivity index (χ0v) is 17.1. The van der Waals surface area contributed by atoms with Crippen LogP contribution in [0.1, 0.15) is 11.1 Å². The van der Waals surface area contributed by atoms with Gasteiger partial charge in [-0.25, -0.2) is 4.68 Å². The van der Waals surface area contributed by atoms with E-state index in [9.17, 15) is 9.59 Å². The van der Waals surface area contributed by atoms with Crippen LogP contribution < -0.4 is 10.9 Å². The lowest BCUT2D eigenvalue weighted by Gasteiger charge is -2.11. The van der Waals surface area contributed by atoms with Crippen molar-refractivity contribution in [2.45, 2.75) is 20.0 Å². The van der Waals surface area contributed by atoms with Gasteiger partial charge in [-0.3, -0.25) is 9.59 Å². The van der Waals surface area contributed by atoms with Crippen LogP contribution in [0.5, 0.6) is 0 Å². The van der Waals surface area contributed by atoms with E-state index in [4.69, 9.17) is 4.74 Å². The van der Waals surface area contributed by atoms with E-state index < -0.39 is 0 Å². The van der Waals surface area contributed by atoms with E-state index in [1.165, 1.54) is 4.68 Å². The molecule has 0 saturated carbocycles. The van der Waals surface area contributed by atoms with E-state index in [1.807, 2.05) is 41.0 Å². The Morgan fingerprint density at radius 3 is 2.67 bits per heavy atom. The van der Waals surface area contributed by atoms with Crippen molar-refractivity contribution in [3.05, 3.63) is 76.2 Å². The van der Waals surface area contributed by atoms with Crippen LogP contribution in [-0.4, -0.2) is 40.5 Å². The molecule has 0 spiro atoms. The molecular weight excluding hydrogens is 380 g/mol. The number of nitrogens with zero attached hydrogens (tertiary/aromatic N) is 3. The highest BCUT2D eigenvalue weighted by Gasteiger charge is 2.17. The van der Waals surface area contributed by atoms with Crippen LogP contribution in [0, 0.1) is 6.92 Å². The largest absolute Gasteiger partial charge is 0.383 e. The monoisotopic (exact) mass is 404 g/mol. The third-order valence-corrected chi connectivity index (χ3v) is 5.28. The van der Waals surface area contributed by atoms with E-state index in [1.54, 1.807) is 13.3 Å². The Bertz CT molecular complexity index is 1270. The number of ether oxygens (including phenoxy) is 1. The molecule has 2 aromatic carbocycles. The number of para-hydroxylation sites is 1. The summed E-state index contributed by atoms with van der Waals surface area (Å²) >= 11 is 0. The summed E-state index contributed by atoms with van der Waals surface area (Å²) in [5, 5.41) is 8.75. The predicted octanol–water partition coefficient (Wildman–Crippen LogP) is 2.47. The van der Waals surface area contributed by atoms with E-state index >= 15 is 0 Å². The third kappa shape index (κ3) is 3.71. The fraction of sp³-hybridized carbons (Fsp3) is 0.261. The summed E-state index contributed by atoms with van der Waals surface area (Å²) < 4.78 is 8.18. The van der Waals surface area contributed by atoms with Crippen molar-refractivity contribution < 1.29 is 9.53 Å². The summed E-state index contributed by atoms with van der Waals surface area (Å²) in [5.41, 5.74) is 3.55. The predicted molar refractivity (Wildman–Crippen MR) is 117 cm³/mol. The molecule has 154 valence electrons. The molecule has 2 aromatic heterocycles. The molecule has 0 atom stereocenters. The van der Waals surface area contributed by atoms with Crippen molar-refractivity contribution in [1.82, 2.24) is 19.7 Å². The normalized spacial score (nSPS) is 11.3. The van der Waals surface area contributed by atoms with E-state index in [2.05, 4.69) is 29.5 Å². The molecule has 7 heteroatoms. The van der Waals surface area contributed by atoms with Crippen LogP contribution in [0.15, 0.2) is 59.5 Å². The van der Waals surface area contributed by atoms with Gasteiger partial charge in [0.2, 0.25) is 5.91 Å². The summed E-state index contributed by atoms with van der Waals surface area (Å²) in [5.74, 6) is -0.275. The molecule has 1 N–H and O–H groups in total. The standard InChI is InChI=1S/C23H24N4O3/c1-16-7-3-4-8-17(16)14-26-20-10-6-5-9-18(20)19-13-25-27(23(29)22(19)26)15-21(28)24-11-12-30-2/h3-10,13H,11-12,14-15H2,1-2H3,(H,24,28). The summed E-state index contributed by atoms with van der Waals surface area (Å²) in [6.07, 6.45) is 1.68. The summed E-state index contributed by atoms with van der Waals surface area (Å²) in [4.78, 5) is 25.5. The summed E-state index contributed by atoms with van der Waals surface area (Å²) in [6.45, 7) is 3.30. The quantitative estimate of drug-likeness (QED) is 0.480. The molecule has 0 fully saturated rings. The number of hydrogen-bond acceptors (Lipinski definition) is 4. The molecule has 7 nitrogen and oxygen atoms in total. The van der Waals surface area contributed by atoms with Gasteiger partial charge in [0.15, 0.2) is 0 Å². The number of nitrogens with one attached hydrogen (secondary N) is 1. The van der Waals surface area contributed by atoms with Gasteiger partial charge in [0, 0.05) is 36.5 Å². The molecule has 0 unspecified atom stereocenters. The number of carbonyl (C=O) groups excluding carboxylic acids is 1. The van der Waals surface area contributed by atoms with E-state index in [0.717, 1.165) is 27.4 Å². The lowest BCUT2D eigenvalue weighted by Crippen LogP contribution is -2.35. The highest BCUT2D eigenvalue weighted by molar-refractivity contribution is 6.07. The maximum absolute atomic E-state index is 13.3. The zero-order chi connectivity index (χ0) is 21.1. The molecule has 2 heterocycles. The van der Waals surface area contributed by atoms with Crippen molar-refractivity contribution in [2.24, 2.45) is 0 Å². The molecule has 0 aliphatic carbocycles. The minimum atomic E-state index is -0.279. The first kappa shape index (κ1) is 19.8. The topological polar surface area (TPSA) is 78.2 Å². The molecule has 0 radical (unpaired) electrons. The zero-order valence-electron chi connectivity index (χ0n) is 17.1. The maximum atomic E-state index is 13.3. The minimum absolute atomic E-state index is 0.135. The molecule has 30 heavy (non-hydrogen) atoms. The third-order valence-electron chi connectivity index (χ3n) is 5.28. The van der Waals surface area contributed by atoms with E-state index in [0.29, 0.717) is 25.2 Å². The Labute approximate surface area is 173 Å². The van der Waals surface area contributed by atoms with Crippen molar-refractivity contribution in [1.29, 1.82) is 0 Å². The van der Waals surface area contributed by atoms with Gasteiger partial charge in [-0.1, -0.05) is 42.5 Å². The Kier molecular flexibility index (Phi) is 5.63. The van der Waals surface area contributed by atoms with Crippen LogP contribution in [0.3, 0.4) is 0 Å². The van der Waals surface area contributed by atoms with Gasteiger partial charge < -0.3 is 14.6 Å². The van der Waals surface area contributed by atoms with Gasteiger partial charge in [0.25, 0.3) is 5.56 Å². The van der Waals surface area contributed by atoms with E-state index in [-0.39, 0.29) is 18.0 Å². The second-order valence-electron chi connectivity index (χ2n) is 7.24. The maximum Gasteiger partial charge on any atom is 0.291 e. The van der Waals surface area contributed by atoms with Crippen molar-refractivity contribution in [3.63, 3.8) is 0 Å². The Morgan fingerprint density at radius 1 is 1.10 bits per heavy atom.